The van der Waals surface area contributed by atoms with Gasteiger partial charge < -0.3 is 8.98 Å². The predicted octanol–water partition coefficient (Wildman–Crippen LogP) is 12.9. The van der Waals surface area contributed by atoms with Crippen molar-refractivity contribution in [2.45, 2.75) is 0 Å². The van der Waals surface area contributed by atoms with Crippen LogP contribution in [-0.2, 0) is 0 Å². The Hall–Kier alpha value is -8.97. The van der Waals surface area contributed by atoms with Crippen LogP contribution in [0.5, 0.6) is 0 Å². The number of rotatable bonds is 9. The zero-order chi connectivity index (χ0) is 45.7. The Balaban J connectivity index is 0.951. The van der Waals surface area contributed by atoms with Gasteiger partial charge in [-0.05, 0) is 74.3 Å². The van der Waals surface area contributed by atoms with Gasteiger partial charge in [0.25, 0.3) is 0 Å². The maximum Gasteiger partial charge on any atom is 0.179 e. The van der Waals surface area contributed by atoms with Crippen LogP contribution in [0.2, 0.25) is 0 Å². The minimum Gasteiger partial charge on any atom is -0.456 e. The van der Waals surface area contributed by atoms with Crippen LogP contribution in [0.25, 0.3) is 94.7 Å². The van der Waals surface area contributed by atoms with Gasteiger partial charge in [0.05, 0.1) is 11.0 Å². The predicted molar refractivity (Wildman–Crippen MR) is 287 cm³/mol. The molecular formula is C63H42N4OSi. The average Bonchev–Trinajstić information content (AvgIpc) is 3.98. The Morgan fingerprint density at radius 3 is 1.30 bits per heavy atom. The SMILES string of the molecule is c1ccc([Si](c2ccccc2)(c2ccccc2)c2ccc(-c3nc(-c4ccc(-c5ccc6c(c5)oc5ccccc56)cc4)nc(-c4cccc(-n5c6ccccc6c6ccccc65)c4)n3)cc2)cc1. The van der Waals surface area contributed by atoms with E-state index in [-0.39, 0.29) is 0 Å². The van der Waals surface area contributed by atoms with E-state index >= 15 is 0 Å². The van der Waals surface area contributed by atoms with Gasteiger partial charge >= 0.3 is 0 Å². The smallest absolute Gasteiger partial charge is 0.179 e. The van der Waals surface area contributed by atoms with Gasteiger partial charge in [-0.15, -0.1) is 0 Å². The molecule has 0 saturated carbocycles. The second kappa shape index (κ2) is 16.7. The van der Waals surface area contributed by atoms with Gasteiger partial charge in [-0.2, -0.15) is 0 Å². The van der Waals surface area contributed by atoms with E-state index in [0.717, 1.165) is 66.5 Å². The van der Waals surface area contributed by atoms with E-state index in [9.17, 15) is 0 Å². The summed E-state index contributed by atoms with van der Waals surface area (Å²) in [5.74, 6) is 1.81. The first-order valence-electron chi connectivity index (χ1n) is 23.3. The molecular weight excluding hydrogens is 857 g/mol. The number of hydrogen-bond acceptors (Lipinski definition) is 4. The van der Waals surface area contributed by atoms with Crippen LogP contribution < -0.4 is 20.7 Å². The summed E-state index contributed by atoms with van der Waals surface area (Å²) in [5.41, 5.74) is 9.95. The number of para-hydroxylation sites is 3. The molecule has 0 amide bonds. The highest BCUT2D eigenvalue weighted by molar-refractivity contribution is 7.19. The zero-order valence-electron chi connectivity index (χ0n) is 37.4. The number of furan rings is 1. The fourth-order valence-corrected chi connectivity index (χ4v) is 15.1. The molecule has 0 atom stereocenters. The molecule has 10 aromatic carbocycles. The second-order valence-electron chi connectivity index (χ2n) is 17.5. The van der Waals surface area contributed by atoms with Crippen molar-refractivity contribution in [1.29, 1.82) is 0 Å². The molecule has 3 aromatic heterocycles. The van der Waals surface area contributed by atoms with Crippen molar-refractivity contribution in [2.24, 2.45) is 0 Å². The molecule has 3 heterocycles. The maximum atomic E-state index is 6.26. The first-order chi connectivity index (χ1) is 34.2. The molecule has 0 aliphatic carbocycles. The number of benzene rings is 10. The van der Waals surface area contributed by atoms with Crippen molar-refractivity contribution in [3.05, 3.63) is 255 Å². The van der Waals surface area contributed by atoms with E-state index in [0.29, 0.717) is 17.5 Å². The summed E-state index contributed by atoms with van der Waals surface area (Å²) < 4.78 is 8.59. The van der Waals surface area contributed by atoms with Crippen LogP contribution in [0, 0.1) is 0 Å². The quantitative estimate of drug-likeness (QED) is 0.107. The summed E-state index contributed by atoms with van der Waals surface area (Å²) in [6.45, 7) is 0. The summed E-state index contributed by atoms with van der Waals surface area (Å²) in [5, 5.41) is 9.91. The molecule has 0 bridgehead atoms. The van der Waals surface area contributed by atoms with Gasteiger partial charge in [-0.25, -0.2) is 15.0 Å². The summed E-state index contributed by atoms with van der Waals surface area (Å²) in [4.78, 5) is 15.8. The third-order valence-corrected chi connectivity index (χ3v) is 18.4. The fraction of sp³-hybridized carbons (Fsp3) is 0. The van der Waals surface area contributed by atoms with Crippen LogP contribution in [0.4, 0.5) is 0 Å². The summed E-state index contributed by atoms with van der Waals surface area (Å²) in [7, 11) is -2.74. The molecule has 0 N–H and O–H groups in total. The van der Waals surface area contributed by atoms with Gasteiger partial charge in [0.1, 0.15) is 11.2 Å². The van der Waals surface area contributed by atoms with Crippen molar-refractivity contribution >= 4 is 72.6 Å². The minimum absolute atomic E-state index is 0.599. The van der Waals surface area contributed by atoms with Gasteiger partial charge in [-0.1, -0.05) is 212 Å². The first kappa shape index (κ1) is 40.3. The van der Waals surface area contributed by atoms with Gasteiger partial charge in [0.2, 0.25) is 0 Å². The lowest BCUT2D eigenvalue weighted by atomic mass is 10.0. The van der Waals surface area contributed by atoms with Crippen molar-refractivity contribution in [1.82, 2.24) is 19.5 Å². The molecule has 13 aromatic rings. The molecule has 0 radical (unpaired) electrons. The Bertz CT molecular complexity index is 3850. The fourth-order valence-electron chi connectivity index (χ4n) is 10.4. The zero-order valence-corrected chi connectivity index (χ0v) is 38.4. The van der Waals surface area contributed by atoms with E-state index in [4.69, 9.17) is 19.4 Å². The Morgan fingerprint density at radius 2 is 0.725 bits per heavy atom. The molecule has 0 aliphatic heterocycles. The highest BCUT2D eigenvalue weighted by Gasteiger charge is 2.41. The molecule has 0 spiro atoms. The van der Waals surface area contributed by atoms with E-state index in [1.54, 1.807) is 0 Å². The summed E-state index contributed by atoms with van der Waals surface area (Å²) in [6.07, 6.45) is 0. The van der Waals surface area contributed by atoms with Crippen molar-refractivity contribution in [3.8, 4) is 51.0 Å². The highest BCUT2D eigenvalue weighted by Crippen LogP contribution is 2.35. The average molecular weight is 899 g/mol. The van der Waals surface area contributed by atoms with Crippen LogP contribution in [0.1, 0.15) is 0 Å². The highest BCUT2D eigenvalue weighted by atomic mass is 28.3. The van der Waals surface area contributed by atoms with Gasteiger partial charge in [0.15, 0.2) is 25.5 Å². The Morgan fingerprint density at radius 1 is 0.290 bits per heavy atom. The molecule has 13 rings (SSSR count). The molecule has 0 unspecified atom stereocenters. The minimum atomic E-state index is -2.74. The van der Waals surface area contributed by atoms with E-state index in [2.05, 4.69) is 247 Å². The number of hydrogen-bond donors (Lipinski definition) is 0. The number of aromatic nitrogens is 4. The Kier molecular flexibility index (Phi) is 9.77. The standard InChI is InChI=1S/C63H42N4OSi/c1-4-19-49(20-5-1)69(50-21-6-2-7-22-50,51-23-8-3-9-24-51)52-38-35-45(36-39-52)62-64-61(44-33-31-43(32-34-44)46-37-40-56-55-27-12-15-30-59(55)68-60(56)42-46)65-63(66-62)47-17-16-18-48(41-47)67-57-28-13-10-25-53(57)54-26-11-14-29-58(54)67/h1-42H. The van der Waals surface area contributed by atoms with Gasteiger partial charge in [-0.3, -0.25) is 0 Å². The van der Waals surface area contributed by atoms with Gasteiger partial charge in [0, 0.05) is 43.9 Å². The topological polar surface area (TPSA) is 56.7 Å². The van der Waals surface area contributed by atoms with Crippen molar-refractivity contribution in [3.63, 3.8) is 0 Å². The molecule has 0 fully saturated rings. The van der Waals surface area contributed by atoms with E-state index in [1.807, 2.05) is 12.1 Å². The molecule has 0 aliphatic rings. The number of nitrogens with zero attached hydrogens (tertiary/aromatic N) is 4. The monoisotopic (exact) mass is 898 g/mol. The van der Waals surface area contributed by atoms with Crippen molar-refractivity contribution < 1.29 is 4.42 Å². The first-order valence-corrected chi connectivity index (χ1v) is 25.3. The molecule has 5 nitrogen and oxygen atoms in total. The molecule has 0 saturated heterocycles. The van der Waals surface area contributed by atoms with E-state index < -0.39 is 8.07 Å². The Labute approximate surface area is 400 Å². The molecule has 324 valence electrons. The van der Waals surface area contributed by atoms with Crippen LogP contribution >= 0.6 is 0 Å². The maximum absolute atomic E-state index is 6.26. The lowest BCUT2D eigenvalue weighted by Gasteiger charge is -2.34. The van der Waals surface area contributed by atoms with Crippen molar-refractivity contribution in [2.75, 3.05) is 0 Å². The number of fused-ring (bicyclic) bond motifs is 6. The van der Waals surface area contributed by atoms with E-state index in [1.165, 1.54) is 31.5 Å². The third kappa shape index (κ3) is 6.88. The third-order valence-electron chi connectivity index (χ3n) is 13.6. The summed E-state index contributed by atoms with van der Waals surface area (Å²) in [6, 6.07) is 90.9. The lowest BCUT2D eigenvalue weighted by Crippen LogP contribution is -2.74. The normalized spacial score (nSPS) is 11.8. The van der Waals surface area contributed by atoms with Crippen LogP contribution in [-0.4, -0.2) is 27.6 Å². The summed E-state index contributed by atoms with van der Waals surface area (Å²) >= 11 is 0. The van der Waals surface area contributed by atoms with Crippen LogP contribution in [0.3, 0.4) is 0 Å². The molecule has 6 heteroatoms. The van der Waals surface area contributed by atoms with Crippen LogP contribution in [0.15, 0.2) is 259 Å². The largest absolute Gasteiger partial charge is 0.456 e. The second-order valence-corrected chi connectivity index (χ2v) is 21.3. The lowest BCUT2D eigenvalue weighted by molar-refractivity contribution is 0.669. The molecule has 69 heavy (non-hydrogen) atoms.